The summed E-state index contributed by atoms with van der Waals surface area (Å²) in [6.45, 7) is 0.303. The number of hydrogen-bond donors (Lipinski definition) is 3. The van der Waals surface area contributed by atoms with E-state index in [9.17, 15) is 9.59 Å². The number of benzene rings is 2. The Labute approximate surface area is 186 Å². The van der Waals surface area contributed by atoms with Crippen molar-refractivity contribution in [3.8, 4) is 22.1 Å². The Hall–Kier alpha value is -4.31. The minimum absolute atomic E-state index is 0.198. The van der Waals surface area contributed by atoms with Crippen LogP contribution in [-0.2, 0) is 6.54 Å². The van der Waals surface area contributed by atoms with E-state index in [1.54, 1.807) is 61.1 Å². The molecule has 0 saturated heterocycles. The maximum Gasteiger partial charge on any atom is 0.259 e. The van der Waals surface area contributed by atoms with Gasteiger partial charge in [0.15, 0.2) is 5.75 Å². The molecule has 0 unspecified atom stereocenters. The normalized spacial score (nSPS) is 12.1. The van der Waals surface area contributed by atoms with Gasteiger partial charge >= 0.3 is 0 Å². The number of nitrogens with one attached hydrogen (secondary N) is 2. The third-order valence-corrected chi connectivity index (χ3v) is 5.78. The van der Waals surface area contributed by atoms with Crippen LogP contribution in [0.3, 0.4) is 0 Å². The highest BCUT2D eigenvalue weighted by Crippen LogP contribution is 2.36. The zero-order valence-electron chi connectivity index (χ0n) is 16.5. The predicted molar refractivity (Wildman–Crippen MR) is 120 cm³/mol. The largest absolute Gasteiger partial charge is 0.454 e. The number of ether oxygens (including phenoxy) is 1. The maximum absolute atomic E-state index is 12.7. The van der Waals surface area contributed by atoms with Crippen molar-refractivity contribution in [3.63, 3.8) is 0 Å². The quantitative estimate of drug-likeness (QED) is 0.439. The van der Waals surface area contributed by atoms with Crippen molar-refractivity contribution in [2.75, 3.05) is 11.1 Å². The summed E-state index contributed by atoms with van der Waals surface area (Å²) < 4.78 is 5.85. The lowest BCUT2D eigenvalue weighted by molar-refractivity contribution is 0.0950. The maximum atomic E-state index is 12.7. The molecule has 0 saturated carbocycles. The summed E-state index contributed by atoms with van der Waals surface area (Å²) >= 11 is 1.42. The first-order valence-corrected chi connectivity index (χ1v) is 10.4. The monoisotopic (exact) mass is 444 g/mol. The molecule has 0 bridgehead atoms. The molecule has 0 atom stereocenters. The van der Waals surface area contributed by atoms with Gasteiger partial charge in [-0.1, -0.05) is 12.1 Å². The molecule has 2 amide bonds. The van der Waals surface area contributed by atoms with Crippen molar-refractivity contribution >= 4 is 34.8 Å². The Morgan fingerprint density at radius 2 is 1.88 bits per heavy atom. The van der Waals surface area contributed by atoms with Crippen LogP contribution in [0.5, 0.6) is 11.5 Å². The second-order valence-electron chi connectivity index (χ2n) is 6.91. The Balaban J connectivity index is 1.28. The Bertz CT molecular complexity index is 1340. The van der Waals surface area contributed by atoms with E-state index in [-0.39, 0.29) is 17.8 Å². The summed E-state index contributed by atoms with van der Waals surface area (Å²) in [4.78, 5) is 38.3. The van der Waals surface area contributed by atoms with Crippen molar-refractivity contribution in [1.82, 2.24) is 20.3 Å². The van der Waals surface area contributed by atoms with Crippen LogP contribution in [0.2, 0.25) is 0 Å². The molecule has 5 rings (SSSR count). The number of thiazole rings is 1. The van der Waals surface area contributed by atoms with Crippen LogP contribution < -0.4 is 21.1 Å². The average Bonchev–Trinajstić information content (AvgIpc) is 3.23. The molecule has 4 aromatic rings. The number of fused-ring (bicyclic) bond motifs is 2. The van der Waals surface area contributed by atoms with Crippen LogP contribution >= 0.6 is 11.3 Å². The number of hydrogen-bond acceptors (Lipinski definition) is 8. The van der Waals surface area contributed by atoms with E-state index in [0.29, 0.717) is 34.9 Å². The minimum atomic E-state index is -0.291. The number of para-hydroxylation sites is 1. The molecule has 0 radical (unpaired) electrons. The number of carbonyl (C=O) groups is 2. The van der Waals surface area contributed by atoms with Gasteiger partial charge in [0.05, 0.1) is 17.8 Å². The molecule has 0 fully saturated rings. The van der Waals surface area contributed by atoms with E-state index < -0.39 is 0 Å². The van der Waals surface area contributed by atoms with Gasteiger partial charge in [-0.3, -0.25) is 9.59 Å². The molecule has 9 nitrogen and oxygen atoms in total. The number of aromatic nitrogens is 3. The molecule has 3 heterocycles. The van der Waals surface area contributed by atoms with E-state index in [0.717, 1.165) is 15.4 Å². The summed E-state index contributed by atoms with van der Waals surface area (Å²) in [6, 6.07) is 11.9. The van der Waals surface area contributed by atoms with E-state index >= 15 is 0 Å². The zero-order valence-corrected chi connectivity index (χ0v) is 17.3. The number of rotatable bonds is 4. The first-order chi connectivity index (χ1) is 15.6. The number of nitrogens with two attached hydrogens (primary N) is 1. The molecular formula is C22H16N6O3S. The van der Waals surface area contributed by atoms with Gasteiger partial charge in [0.25, 0.3) is 11.8 Å². The number of anilines is 2. The van der Waals surface area contributed by atoms with Crippen LogP contribution in [-0.4, -0.2) is 26.8 Å². The van der Waals surface area contributed by atoms with E-state index in [1.165, 1.54) is 11.3 Å². The van der Waals surface area contributed by atoms with Gasteiger partial charge in [-0.2, -0.15) is 0 Å². The van der Waals surface area contributed by atoms with Gasteiger partial charge in [0, 0.05) is 34.6 Å². The molecule has 32 heavy (non-hydrogen) atoms. The highest BCUT2D eigenvalue weighted by Gasteiger charge is 2.21. The number of nitrogens with zero attached hydrogens (tertiary/aromatic N) is 3. The molecule has 10 heteroatoms. The Kier molecular flexibility index (Phi) is 4.96. The van der Waals surface area contributed by atoms with E-state index in [2.05, 4.69) is 25.6 Å². The smallest absolute Gasteiger partial charge is 0.259 e. The van der Waals surface area contributed by atoms with E-state index in [4.69, 9.17) is 10.5 Å². The molecule has 2 aromatic carbocycles. The molecule has 0 spiro atoms. The van der Waals surface area contributed by atoms with Crippen LogP contribution in [0.15, 0.2) is 61.1 Å². The zero-order chi connectivity index (χ0) is 22.1. The third-order valence-electron chi connectivity index (χ3n) is 4.74. The molecule has 158 valence electrons. The van der Waals surface area contributed by atoms with Gasteiger partial charge in [-0.05, 0) is 30.3 Å². The Morgan fingerprint density at radius 1 is 1.06 bits per heavy atom. The highest BCUT2D eigenvalue weighted by atomic mass is 32.1. The van der Waals surface area contributed by atoms with Crippen molar-refractivity contribution in [2.24, 2.45) is 0 Å². The van der Waals surface area contributed by atoms with Gasteiger partial charge < -0.3 is 21.1 Å². The van der Waals surface area contributed by atoms with Crippen LogP contribution in [0.25, 0.3) is 10.6 Å². The third kappa shape index (κ3) is 3.86. The lowest BCUT2D eigenvalue weighted by Crippen LogP contribution is -2.22. The topological polar surface area (TPSA) is 132 Å². The van der Waals surface area contributed by atoms with Crippen molar-refractivity contribution in [3.05, 3.63) is 77.1 Å². The van der Waals surface area contributed by atoms with Gasteiger partial charge in [-0.25, -0.2) is 15.0 Å². The second-order valence-corrected chi connectivity index (χ2v) is 8.02. The summed E-state index contributed by atoms with van der Waals surface area (Å²) in [6.07, 6.45) is 4.90. The first-order valence-electron chi connectivity index (χ1n) is 9.60. The lowest BCUT2D eigenvalue weighted by Gasteiger charge is -2.10. The molecule has 1 aliphatic rings. The van der Waals surface area contributed by atoms with Crippen LogP contribution in [0.4, 0.5) is 11.6 Å². The van der Waals surface area contributed by atoms with Gasteiger partial charge in [0.1, 0.15) is 10.8 Å². The van der Waals surface area contributed by atoms with Crippen molar-refractivity contribution < 1.29 is 14.3 Å². The molecule has 2 aromatic heterocycles. The SMILES string of the molecule is Nc1ncc(-c2ncc(CNC(=O)c3ccc4c(c3)NC(=O)c3ccccc3O4)s2)cn1. The molecule has 0 aliphatic carbocycles. The summed E-state index contributed by atoms with van der Waals surface area (Å²) in [5.74, 6) is 0.561. The fourth-order valence-corrected chi connectivity index (χ4v) is 3.98. The van der Waals surface area contributed by atoms with E-state index in [1.807, 2.05) is 0 Å². The van der Waals surface area contributed by atoms with Crippen LogP contribution in [0, 0.1) is 0 Å². The minimum Gasteiger partial charge on any atom is -0.454 e. The predicted octanol–water partition coefficient (Wildman–Crippen LogP) is 3.47. The highest BCUT2D eigenvalue weighted by molar-refractivity contribution is 7.15. The van der Waals surface area contributed by atoms with Gasteiger partial charge in [0.2, 0.25) is 5.95 Å². The second kappa shape index (κ2) is 8.08. The lowest BCUT2D eigenvalue weighted by atomic mass is 10.1. The summed E-state index contributed by atoms with van der Waals surface area (Å²) in [5.41, 5.74) is 7.53. The fourth-order valence-electron chi connectivity index (χ4n) is 3.15. The molecular weight excluding hydrogens is 428 g/mol. The fraction of sp³-hybridized carbons (Fsp3) is 0.0455. The number of nitrogen functional groups attached to an aromatic ring is 1. The number of amides is 2. The standard InChI is InChI=1S/C22H16N6O3S/c23-22-26-8-13(9-27-22)21-25-11-14(32-21)10-24-19(29)12-5-6-18-16(7-12)28-20(30)15-3-1-2-4-17(15)31-18/h1-9,11H,10H2,(H,24,29)(H,28,30)(H2,23,26,27). The van der Waals surface area contributed by atoms with Crippen LogP contribution in [0.1, 0.15) is 25.6 Å². The van der Waals surface area contributed by atoms with Crippen molar-refractivity contribution in [1.29, 1.82) is 0 Å². The van der Waals surface area contributed by atoms with Gasteiger partial charge in [-0.15, -0.1) is 11.3 Å². The molecule has 4 N–H and O–H groups in total. The van der Waals surface area contributed by atoms with Crippen molar-refractivity contribution in [2.45, 2.75) is 6.54 Å². The Morgan fingerprint density at radius 3 is 2.72 bits per heavy atom. The number of carbonyl (C=O) groups excluding carboxylic acids is 2. The summed E-state index contributed by atoms with van der Waals surface area (Å²) in [7, 11) is 0. The first kappa shape index (κ1) is 19.6. The molecule has 1 aliphatic heterocycles. The summed E-state index contributed by atoms with van der Waals surface area (Å²) in [5, 5.41) is 6.40. The average molecular weight is 444 g/mol.